The van der Waals surface area contributed by atoms with E-state index >= 15 is 0 Å². The van der Waals surface area contributed by atoms with Crippen molar-refractivity contribution in [3.8, 4) is 0 Å². The number of aldehydes is 1. The molecule has 0 unspecified atom stereocenters. The zero-order chi connectivity index (χ0) is 10.3. The molecule has 1 amide bonds. The Labute approximate surface area is 75.1 Å². The zero-order valence-electron chi connectivity index (χ0n) is 7.03. The Morgan fingerprint density at radius 3 is 2.62 bits per heavy atom. The lowest BCUT2D eigenvalue weighted by Crippen LogP contribution is -2.41. The standard InChI is InChI=1S/C7H12N2O4/c8-5(1-2-6(11)12)7(13)9-3-4-10/h4-5H,1-3,8H2,(H,9,13)(H,11,12)/t5-/m0/s1. The van der Waals surface area contributed by atoms with Gasteiger partial charge in [-0.15, -0.1) is 0 Å². The van der Waals surface area contributed by atoms with Crippen molar-refractivity contribution in [2.24, 2.45) is 5.73 Å². The summed E-state index contributed by atoms with van der Waals surface area (Å²) in [6.45, 7) is -0.0976. The van der Waals surface area contributed by atoms with E-state index in [1.807, 2.05) is 0 Å². The Morgan fingerprint density at radius 2 is 2.15 bits per heavy atom. The van der Waals surface area contributed by atoms with E-state index < -0.39 is 17.9 Å². The monoisotopic (exact) mass is 188 g/mol. The van der Waals surface area contributed by atoms with E-state index in [9.17, 15) is 14.4 Å². The van der Waals surface area contributed by atoms with Gasteiger partial charge in [0.05, 0.1) is 12.6 Å². The van der Waals surface area contributed by atoms with Crippen molar-refractivity contribution in [3.05, 3.63) is 0 Å². The summed E-state index contributed by atoms with van der Waals surface area (Å²) in [4.78, 5) is 30.9. The molecule has 4 N–H and O–H groups in total. The molecule has 0 fully saturated rings. The van der Waals surface area contributed by atoms with Crippen molar-refractivity contribution < 1.29 is 19.5 Å². The summed E-state index contributed by atoms with van der Waals surface area (Å²) in [5.74, 6) is -1.51. The summed E-state index contributed by atoms with van der Waals surface area (Å²) in [6.07, 6.45) is 0.442. The maximum Gasteiger partial charge on any atom is 0.303 e. The lowest BCUT2D eigenvalue weighted by molar-refractivity contribution is -0.137. The second-order valence-electron chi connectivity index (χ2n) is 2.45. The number of nitrogens with one attached hydrogen (secondary N) is 1. The number of hydrogen-bond donors (Lipinski definition) is 3. The SMILES string of the molecule is N[C@@H](CCC(=O)O)C(=O)NCC=O. The molecule has 0 radical (unpaired) electrons. The molecule has 0 rings (SSSR count). The smallest absolute Gasteiger partial charge is 0.303 e. The van der Waals surface area contributed by atoms with Crippen LogP contribution in [-0.4, -0.2) is 35.9 Å². The fraction of sp³-hybridized carbons (Fsp3) is 0.571. The Balaban J connectivity index is 3.68. The molecule has 0 spiro atoms. The van der Waals surface area contributed by atoms with Crippen LogP contribution in [0.25, 0.3) is 0 Å². The molecule has 13 heavy (non-hydrogen) atoms. The van der Waals surface area contributed by atoms with Crippen LogP contribution in [0.5, 0.6) is 0 Å². The Kier molecular flexibility index (Phi) is 5.45. The van der Waals surface area contributed by atoms with E-state index in [0.717, 1.165) is 0 Å². The van der Waals surface area contributed by atoms with Crippen molar-refractivity contribution in [1.82, 2.24) is 5.32 Å². The molecule has 0 aliphatic rings. The Bertz CT molecular complexity index is 205. The van der Waals surface area contributed by atoms with Crippen LogP contribution in [0.4, 0.5) is 0 Å². The third-order valence-corrected chi connectivity index (χ3v) is 1.37. The Morgan fingerprint density at radius 1 is 1.54 bits per heavy atom. The topological polar surface area (TPSA) is 109 Å². The lowest BCUT2D eigenvalue weighted by atomic mass is 10.1. The molecular weight excluding hydrogens is 176 g/mol. The molecule has 0 aliphatic carbocycles. The minimum Gasteiger partial charge on any atom is -0.481 e. The minimum absolute atomic E-state index is 0.0695. The molecule has 0 aromatic rings. The van der Waals surface area contributed by atoms with Crippen LogP contribution in [0.1, 0.15) is 12.8 Å². The molecule has 74 valence electrons. The van der Waals surface area contributed by atoms with Crippen molar-refractivity contribution in [2.75, 3.05) is 6.54 Å². The normalized spacial score (nSPS) is 11.8. The highest BCUT2D eigenvalue weighted by Crippen LogP contribution is 1.93. The summed E-state index contributed by atoms with van der Waals surface area (Å²) in [5.41, 5.74) is 5.31. The first-order valence-corrected chi connectivity index (χ1v) is 3.76. The van der Waals surface area contributed by atoms with Gasteiger partial charge in [-0.3, -0.25) is 9.59 Å². The van der Waals surface area contributed by atoms with Crippen molar-refractivity contribution in [1.29, 1.82) is 0 Å². The van der Waals surface area contributed by atoms with Gasteiger partial charge in [0.25, 0.3) is 0 Å². The van der Waals surface area contributed by atoms with Crippen LogP contribution >= 0.6 is 0 Å². The number of carboxylic acids is 1. The fourth-order valence-electron chi connectivity index (χ4n) is 0.683. The number of nitrogens with two attached hydrogens (primary N) is 1. The van der Waals surface area contributed by atoms with E-state index in [0.29, 0.717) is 6.29 Å². The van der Waals surface area contributed by atoms with Gasteiger partial charge in [0, 0.05) is 6.42 Å². The molecule has 0 aromatic heterocycles. The molecular formula is C7H12N2O4. The third kappa shape index (κ3) is 5.80. The van der Waals surface area contributed by atoms with Gasteiger partial charge < -0.3 is 21.0 Å². The van der Waals surface area contributed by atoms with Crippen LogP contribution in [0.15, 0.2) is 0 Å². The highest BCUT2D eigenvalue weighted by Gasteiger charge is 2.13. The second kappa shape index (κ2) is 6.13. The number of amides is 1. The molecule has 0 saturated carbocycles. The summed E-state index contributed by atoms with van der Waals surface area (Å²) in [5, 5.41) is 10.5. The van der Waals surface area contributed by atoms with Gasteiger partial charge in [-0.05, 0) is 6.42 Å². The van der Waals surface area contributed by atoms with E-state index in [4.69, 9.17) is 10.8 Å². The zero-order valence-corrected chi connectivity index (χ0v) is 7.03. The maximum atomic E-state index is 10.9. The van der Waals surface area contributed by atoms with Gasteiger partial charge in [-0.1, -0.05) is 0 Å². The molecule has 6 heteroatoms. The third-order valence-electron chi connectivity index (χ3n) is 1.37. The fourth-order valence-corrected chi connectivity index (χ4v) is 0.683. The van der Waals surface area contributed by atoms with Gasteiger partial charge >= 0.3 is 5.97 Å². The molecule has 6 nitrogen and oxygen atoms in total. The molecule has 0 bridgehead atoms. The van der Waals surface area contributed by atoms with Crippen molar-refractivity contribution in [3.63, 3.8) is 0 Å². The van der Waals surface area contributed by atoms with E-state index in [1.54, 1.807) is 0 Å². The van der Waals surface area contributed by atoms with Gasteiger partial charge in [-0.2, -0.15) is 0 Å². The highest BCUT2D eigenvalue weighted by atomic mass is 16.4. The molecule has 0 saturated heterocycles. The molecule has 0 aliphatic heterocycles. The number of rotatable bonds is 6. The predicted molar refractivity (Wildman–Crippen MR) is 43.9 cm³/mol. The van der Waals surface area contributed by atoms with Gasteiger partial charge in [0.1, 0.15) is 6.29 Å². The average Bonchev–Trinajstić information content (AvgIpc) is 2.10. The summed E-state index contributed by atoms with van der Waals surface area (Å²) in [6, 6.07) is -0.865. The van der Waals surface area contributed by atoms with Crippen LogP contribution in [0, 0.1) is 0 Å². The maximum absolute atomic E-state index is 10.9. The largest absolute Gasteiger partial charge is 0.481 e. The van der Waals surface area contributed by atoms with Gasteiger partial charge in [-0.25, -0.2) is 0 Å². The van der Waals surface area contributed by atoms with Crippen molar-refractivity contribution >= 4 is 18.2 Å². The van der Waals surface area contributed by atoms with Gasteiger partial charge in [0.15, 0.2) is 0 Å². The van der Waals surface area contributed by atoms with E-state index in [-0.39, 0.29) is 19.4 Å². The Hall–Kier alpha value is -1.43. The lowest BCUT2D eigenvalue weighted by Gasteiger charge is -2.08. The average molecular weight is 188 g/mol. The number of hydrogen-bond acceptors (Lipinski definition) is 4. The first kappa shape index (κ1) is 11.6. The number of carboxylic acid groups (broad SMARTS) is 1. The number of carbonyl (C=O) groups excluding carboxylic acids is 2. The predicted octanol–water partition coefficient (Wildman–Crippen LogP) is -1.51. The first-order valence-electron chi connectivity index (χ1n) is 3.76. The minimum atomic E-state index is -1.00. The molecule has 0 heterocycles. The van der Waals surface area contributed by atoms with Crippen molar-refractivity contribution in [2.45, 2.75) is 18.9 Å². The summed E-state index contributed by atoms with van der Waals surface area (Å²) < 4.78 is 0. The van der Waals surface area contributed by atoms with Crippen LogP contribution in [0.2, 0.25) is 0 Å². The molecule has 0 aromatic carbocycles. The second-order valence-corrected chi connectivity index (χ2v) is 2.45. The summed E-state index contributed by atoms with van der Waals surface area (Å²) >= 11 is 0. The number of carbonyl (C=O) groups is 3. The quantitative estimate of drug-likeness (QED) is 0.439. The number of aliphatic carboxylic acids is 1. The van der Waals surface area contributed by atoms with E-state index in [1.165, 1.54) is 0 Å². The van der Waals surface area contributed by atoms with Crippen LogP contribution < -0.4 is 11.1 Å². The first-order chi connectivity index (χ1) is 6.07. The highest BCUT2D eigenvalue weighted by molar-refractivity contribution is 5.83. The van der Waals surface area contributed by atoms with E-state index in [2.05, 4.69) is 5.32 Å². The van der Waals surface area contributed by atoms with Crippen LogP contribution in [-0.2, 0) is 14.4 Å². The molecule has 1 atom stereocenters. The van der Waals surface area contributed by atoms with Crippen LogP contribution in [0.3, 0.4) is 0 Å². The summed E-state index contributed by atoms with van der Waals surface area (Å²) in [7, 11) is 0. The van der Waals surface area contributed by atoms with Gasteiger partial charge in [0.2, 0.25) is 5.91 Å².